The number of carbonyl (C=O) groups is 1. The van der Waals surface area contributed by atoms with Gasteiger partial charge in [0.1, 0.15) is 17.9 Å². The topological polar surface area (TPSA) is 84.1 Å². The monoisotopic (exact) mass is 275 g/mol. The van der Waals surface area contributed by atoms with E-state index < -0.39 is 5.97 Å². The van der Waals surface area contributed by atoms with Crippen LogP contribution in [0.4, 0.5) is 5.82 Å². The van der Waals surface area contributed by atoms with Crippen molar-refractivity contribution < 1.29 is 9.90 Å². The third kappa shape index (κ3) is 2.43. The first kappa shape index (κ1) is 12.8. The van der Waals surface area contributed by atoms with Gasteiger partial charge >= 0.3 is 5.97 Å². The minimum atomic E-state index is -0.936. The van der Waals surface area contributed by atoms with Crippen molar-refractivity contribution >= 4 is 23.0 Å². The van der Waals surface area contributed by atoms with Gasteiger partial charge in [0, 0.05) is 13.1 Å². The number of aliphatic carboxylic acids is 1. The van der Waals surface area contributed by atoms with Crippen molar-refractivity contribution in [3.8, 4) is 0 Å². The summed E-state index contributed by atoms with van der Waals surface area (Å²) in [6, 6.07) is 0. The van der Waals surface area contributed by atoms with Crippen LogP contribution in [0.2, 0.25) is 0 Å². The lowest BCUT2D eigenvalue weighted by molar-refractivity contribution is -0.137. The van der Waals surface area contributed by atoms with Gasteiger partial charge in [-0.3, -0.25) is 4.79 Å². The Labute approximate surface area is 116 Å². The van der Waals surface area contributed by atoms with Crippen LogP contribution in [0, 0.1) is 5.92 Å². The first-order valence-electron chi connectivity index (χ1n) is 6.79. The van der Waals surface area contributed by atoms with E-state index in [1.54, 1.807) is 12.4 Å². The highest BCUT2D eigenvalue weighted by Crippen LogP contribution is 2.22. The highest BCUT2D eigenvalue weighted by Gasteiger charge is 2.18. The molecule has 0 bridgehead atoms. The van der Waals surface area contributed by atoms with Crippen LogP contribution in [-0.2, 0) is 11.3 Å². The van der Waals surface area contributed by atoms with Crippen LogP contribution < -0.4 is 4.90 Å². The Morgan fingerprint density at radius 2 is 2.15 bits per heavy atom. The van der Waals surface area contributed by atoms with Crippen molar-refractivity contribution in [1.29, 1.82) is 0 Å². The van der Waals surface area contributed by atoms with E-state index in [2.05, 4.69) is 26.9 Å². The fourth-order valence-corrected chi connectivity index (χ4v) is 2.47. The summed E-state index contributed by atoms with van der Waals surface area (Å²) in [5.41, 5.74) is 1.16. The molecule has 106 valence electrons. The minimum Gasteiger partial charge on any atom is -0.480 e. The van der Waals surface area contributed by atoms with Crippen molar-refractivity contribution in [2.45, 2.75) is 26.3 Å². The zero-order valence-electron chi connectivity index (χ0n) is 11.4. The number of piperidine rings is 1. The molecule has 3 rings (SSSR count). The van der Waals surface area contributed by atoms with Crippen molar-refractivity contribution in [2.24, 2.45) is 5.92 Å². The Morgan fingerprint density at radius 1 is 1.40 bits per heavy atom. The van der Waals surface area contributed by atoms with Crippen LogP contribution in [-0.4, -0.2) is 43.9 Å². The van der Waals surface area contributed by atoms with Gasteiger partial charge in [0.2, 0.25) is 0 Å². The molecule has 0 saturated carbocycles. The number of carboxylic acids is 1. The molecule has 7 heteroatoms. The lowest BCUT2D eigenvalue weighted by atomic mass is 9.99. The molecule has 1 N–H and O–H groups in total. The maximum absolute atomic E-state index is 10.8. The summed E-state index contributed by atoms with van der Waals surface area (Å²) in [6.45, 7) is 4.00. The van der Waals surface area contributed by atoms with Gasteiger partial charge in [-0.05, 0) is 18.8 Å². The van der Waals surface area contributed by atoms with Crippen molar-refractivity contribution in [2.75, 3.05) is 18.0 Å². The summed E-state index contributed by atoms with van der Waals surface area (Å²) in [5.74, 6) is 0.617. The second kappa shape index (κ2) is 5.07. The normalized spacial score (nSPS) is 16.8. The predicted octanol–water partition coefficient (Wildman–Crippen LogP) is 1.15. The van der Waals surface area contributed by atoms with Crippen LogP contribution in [0.1, 0.15) is 19.8 Å². The van der Waals surface area contributed by atoms with Crippen LogP contribution in [0.25, 0.3) is 11.2 Å². The number of hydrogen-bond donors (Lipinski definition) is 1. The second-order valence-electron chi connectivity index (χ2n) is 5.30. The molecule has 1 aliphatic rings. The molecule has 1 saturated heterocycles. The molecular formula is C13H17N5O2. The van der Waals surface area contributed by atoms with Gasteiger partial charge in [-0.1, -0.05) is 6.92 Å². The van der Waals surface area contributed by atoms with Crippen molar-refractivity contribution in [3.63, 3.8) is 0 Å². The Bertz CT molecular complexity index is 631. The highest BCUT2D eigenvalue weighted by atomic mass is 16.4. The van der Waals surface area contributed by atoms with E-state index in [4.69, 9.17) is 5.11 Å². The van der Waals surface area contributed by atoms with Crippen LogP contribution in [0.3, 0.4) is 0 Å². The number of aromatic nitrogens is 4. The predicted molar refractivity (Wildman–Crippen MR) is 73.6 cm³/mol. The number of carboxylic acid groups (broad SMARTS) is 1. The SMILES string of the molecule is CC1CCN(c2cnc3cnn(CC(=O)O)c3n2)CC1. The molecular weight excluding hydrogens is 258 g/mol. The standard InChI is InChI=1S/C13H17N5O2/c1-9-2-4-17(5-3-9)11-7-14-10-6-15-18(8-12(19)20)13(10)16-11/h6-7,9H,2-5,8H2,1H3,(H,19,20). The lowest BCUT2D eigenvalue weighted by Crippen LogP contribution is -2.33. The van der Waals surface area contributed by atoms with Gasteiger partial charge in [0.15, 0.2) is 5.65 Å². The van der Waals surface area contributed by atoms with E-state index in [1.807, 2.05) is 0 Å². The van der Waals surface area contributed by atoms with E-state index in [1.165, 1.54) is 4.68 Å². The Kier molecular flexibility index (Phi) is 3.25. The van der Waals surface area contributed by atoms with Crippen LogP contribution >= 0.6 is 0 Å². The summed E-state index contributed by atoms with van der Waals surface area (Å²) in [6.07, 6.45) is 5.58. The molecule has 0 aliphatic carbocycles. The molecule has 2 aromatic heterocycles. The van der Waals surface area contributed by atoms with Crippen molar-refractivity contribution in [3.05, 3.63) is 12.4 Å². The summed E-state index contributed by atoms with van der Waals surface area (Å²) in [5, 5.41) is 12.9. The van der Waals surface area contributed by atoms with Crippen LogP contribution in [0.5, 0.6) is 0 Å². The molecule has 0 unspecified atom stereocenters. The Balaban J connectivity index is 1.90. The summed E-state index contributed by atoms with van der Waals surface area (Å²) in [4.78, 5) is 21.9. The molecule has 2 aromatic rings. The van der Waals surface area contributed by atoms with E-state index in [0.717, 1.165) is 37.7 Å². The van der Waals surface area contributed by atoms with Gasteiger partial charge in [-0.2, -0.15) is 5.10 Å². The smallest absolute Gasteiger partial charge is 0.325 e. The largest absolute Gasteiger partial charge is 0.480 e. The number of nitrogens with zero attached hydrogens (tertiary/aromatic N) is 5. The van der Waals surface area contributed by atoms with Gasteiger partial charge in [-0.25, -0.2) is 14.6 Å². The molecule has 1 aliphatic heterocycles. The Hall–Kier alpha value is -2.18. The molecule has 0 atom stereocenters. The first-order valence-corrected chi connectivity index (χ1v) is 6.79. The molecule has 0 aromatic carbocycles. The maximum atomic E-state index is 10.8. The molecule has 0 spiro atoms. The van der Waals surface area contributed by atoms with E-state index >= 15 is 0 Å². The third-order valence-corrected chi connectivity index (χ3v) is 3.73. The average Bonchev–Trinajstić information content (AvgIpc) is 2.81. The number of hydrogen-bond acceptors (Lipinski definition) is 5. The minimum absolute atomic E-state index is 0.196. The fraction of sp³-hybridized carbons (Fsp3) is 0.538. The molecule has 20 heavy (non-hydrogen) atoms. The van der Waals surface area contributed by atoms with E-state index in [-0.39, 0.29) is 6.54 Å². The van der Waals surface area contributed by atoms with Crippen LogP contribution in [0.15, 0.2) is 12.4 Å². The second-order valence-corrected chi connectivity index (χ2v) is 5.30. The van der Waals surface area contributed by atoms with Gasteiger partial charge in [0.05, 0.1) is 12.4 Å². The molecule has 1 fully saturated rings. The maximum Gasteiger partial charge on any atom is 0.325 e. The van der Waals surface area contributed by atoms with Gasteiger partial charge in [-0.15, -0.1) is 0 Å². The summed E-state index contributed by atoms with van der Waals surface area (Å²) in [7, 11) is 0. The number of rotatable bonds is 3. The Morgan fingerprint density at radius 3 is 2.85 bits per heavy atom. The highest BCUT2D eigenvalue weighted by molar-refractivity contribution is 5.74. The zero-order valence-corrected chi connectivity index (χ0v) is 11.4. The van der Waals surface area contributed by atoms with Crippen molar-refractivity contribution in [1.82, 2.24) is 19.7 Å². The number of anilines is 1. The molecule has 3 heterocycles. The third-order valence-electron chi connectivity index (χ3n) is 3.73. The molecule has 0 radical (unpaired) electrons. The molecule has 0 amide bonds. The summed E-state index contributed by atoms with van der Waals surface area (Å²) < 4.78 is 1.38. The number of fused-ring (bicyclic) bond motifs is 1. The summed E-state index contributed by atoms with van der Waals surface area (Å²) >= 11 is 0. The lowest BCUT2D eigenvalue weighted by Gasteiger charge is -2.30. The quantitative estimate of drug-likeness (QED) is 0.904. The first-order chi connectivity index (χ1) is 9.63. The molecule has 7 nitrogen and oxygen atoms in total. The average molecular weight is 275 g/mol. The van der Waals surface area contributed by atoms with Gasteiger partial charge in [0.25, 0.3) is 0 Å². The van der Waals surface area contributed by atoms with Gasteiger partial charge < -0.3 is 10.0 Å². The van der Waals surface area contributed by atoms with E-state index in [9.17, 15) is 4.79 Å². The fourth-order valence-electron chi connectivity index (χ4n) is 2.47. The zero-order chi connectivity index (χ0) is 14.1. The van der Waals surface area contributed by atoms with E-state index in [0.29, 0.717) is 11.2 Å².